The Morgan fingerprint density at radius 3 is 2.67 bits per heavy atom. The molecule has 21 heavy (non-hydrogen) atoms. The van der Waals surface area contributed by atoms with Crippen molar-refractivity contribution in [3.8, 4) is 5.75 Å². The molecule has 1 aromatic carbocycles. The normalized spacial score (nSPS) is 12.7. The van der Waals surface area contributed by atoms with Gasteiger partial charge >= 0.3 is 0 Å². The zero-order chi connectivity index (χ0) is 15.4. The van der Waals surface area contributed by atoms with Crippen molar-refractivity contribution in [3.63, 3.8) is 0 Å². The van der Waals surface area contributed by atoms with E-state index in [-0.39, 0.29) is 18.6 Å². The molecular weight excluding hydrogens is 266 g/mol. The van der Waals surface area contributed by atoms with E-state index < -0.39 is 0 Å². The smallest absolute Gasteiger partial charge is 0.264 e. The molecule has 0 aliphatic rings. The van der Waals surface area contributed by atoms with Crippen molar-refractivity contribution in [2.75, 3.05) is 7.05 Å². The number of aryl methyl sites for hydroxylation is 1. The average molecular weight is 289 g/mol. The van der Waals surface area contributed by atoms with E-state index in [1.54, 1.807) is 0 Å². The molecule has 0 saturated carbocycles. The van der Waals surface area contributed by atoms with Gasteiger partial charge in [-0.25, -0.2) is 0 Å². The van der Waals surface area contributed by atoms with Crippen molar-refractivity contribution >= 4 is 0 Å². The quantitative estimate of drug-likeness (QED) is 0.883. The van der Waals surface area contributed by atoms with Gasteiger partial charge in [-0.05, 0) is 32.5 Å². The molecule has 0 fully saturated rings. The summed E-state index contributed by atoms with van der Waals surface area (Å²) in [6, 6.07) is 6.41. The van der Waals surface area contributed by atoms with E-state index in [1.807, 2.05) is 33.9 Å². The van der Waals surface area contributed by atoms with Crippen molar-refractivity contribution in [2.45, 2.75) is 46.3 Å². The summed E-state index contributed by atoms with van der Waals surface area (Å²) < 4.78 is 11.1. The summed E-state index contributed by atoms with van der Waals surface area (Å²) in [5, 5.41) is 7.17. The molecule has 1 atom stereocenters. The van der Waals surface area contributed by atoms with Gasteiger partial charge in [0, 0.05) is 17.5 Å². The lowest BCUT2D eigenvalue weighted by atomic mass is 10.1. The number of nitrogens with zero attached hydrogens (tertiary/aromatic N) is 2. The number of ether oxygens (including phenoxy) is 1. The minimum Gasteiger partial charge on any atom is -0.483 e. The van der Waals surface area contributed by atoms with Crippen LogP contribution in [0.5, 0.6) is 5.75 Å². The summed E-state index contributed by atoms with van der Waals surface area (Å²) in [5.74, 6) is 2.31. The Morgan fingerprint density at radius 2 is 2.05 bits per heavy atom. The molecule has 5 heteroatoms. The molecular formula is C16H23N3O2. The fraction of sp³-hybridized carbons (Fsp3) is 0.500. The van der Waals surface area contributed by atoms with Crippen LogP contribution in [0.15, 0.2) is 22.7 Å². The minimum absolute atomic E-state index is 0.217. The SMILES string of the molecule is CNC(C)c1ccc(C)cc1OCc1nc(C(C)C)no1. The molecule has 1 heterocycles. The summed E-state index contributed by atoms with van der Waals surface area (Å²) >= 11 is 0. The molecule has 0 spiro atoms. The van der Waals surface area contributed by atoms with Crippen LogP contribution < -0.4 is 10.1 Å². The summed E-state index contributed by atoms with van der Waals surface area (Å²) in [5.41, 5.74) is 2.28. The largest absolute Gasteiger partial charge is 0.483 e. The molecule has 0 saturated heterocycles. The number of aromatic nitrogens is 2. The van der Waals surface area contributed by atoms with Gasteiger partial charge in [0.25, 0.3) is 5.89 Å². The number of rotatable bonds is 6. The van der Waals surface area contributed by atoms with Gasteiger partial charge in [-0.15, -0.1) is 0 Å². The van der Waals surface area contributed by atoms with E-state index in [9.17, 15) is 0 Å². The van der Waals surface area contributed by atoms with Crippen LogP contribution in [0.3, 0.4) is 0 Å². The molecule has 0 aliphatic heterocycles. The highest BCUT2D eigenvalue weighted by atomic mass is 16.5. The Morgan fingerprint density at radius 1 is 1.29 bits per heavy atom. The first-order valence-electron chi connectivity index (χ1n) is 7.24. The predicted octanol–water partition coefficient (Wildman–Crippen LogP) is 3.36. The fourth-order valence-corrected chi connectivity index (χ4v) is 1.98. The standard InChI is InChI=1S/C16H23N3O2/c1-10(2)16-18-15(21-19-16)9-20-14-8-11(3)6-7-13(14)12(4)17-5/h6-8,10,12,17H,9H2,1-5H3. The second-order valence-electron chi connectivity index (χ2n) is 5.54. The average Bonchev–Trinajstić information content (AvgIpc) is 2.93. The van der Waals surface area contributed by atoms with Crippen LogP contribution in [-0.4, -0.2) is 17.2 Å². The van der Waals surface area contributed by atoms with Crippen LogP contribution in [0.4, 0.5) is 0 Å². The summed E-state index contributed by atoms with van der Waals surface area (Å²) in [6.07, 6.45) is 0. The Labute approximate surface area is 125 Å². The fourth-order valence-electron chi connectivity index (χ4n) is 1.98. The van der Waals surface area contributed by atoms with Crippen LogP contribution in [0.25, 0.3) is 0 Å². The highest BCUT2D eigenvalue weighted by molar-refractivity contribution is 5.39. The van der Waals surface area contributed by atoms with Gasteiger partial charge in [0.1, 0.15) is 5.75 Å². The molecule has 0 aliphatic carbocycles. The maximum atomic E-state index is 5.88. The van der Waals surface area contributed by atoms with Crippen molar-refractivity contribution < 1.29 is 9.26 Å². The molecule has 0 amide bonds. The number of hydrogen-bond acceptors (Lipinski definition) is 5. The van der Waals surface area contributed by atoms with Gasteiger partial charge in [0.2, 0.25) is 0 Å². The van der Waals surface area contributed by atoms with E-state index in [4.69, 9.17) is 9.26 Å². The van der Waals surface area contributed by atoms with Crippen LogP contribution >= 0.6 is 0 Å². The summed E-state index contributed by atoms with van der Waals surface area (Å²) in [4.78, 5) is 4.32. The topological polar surface area (TPSA) is 60.2 Å². The first-order valence-corrected chi connectivity index (χ1v) is 7.24. The van der Waals surface area contributed by atoms with Crippen LogP contribution in [0, 0.1) is 6.92 Å². The number of nitrogens with one attached hydrogen (secondary N) is 1. The first-order chi connectivity index (χ1) is 10.0. The second-order valence-corrected chi connectivity index (χ2v) is 5.54. The zero-order valence-electron chi connectivity index (χ0n) is 13.3. The van der Waals surface area contributed by atoms with Gasteiger partial charge in [0.15, 0.2) is 12.4 Å². The van der Waals surface area contributed by atoms with Crippen LogP contribution in [-0.2, 0) is 6.61 Å². The molecule has 0 radical (unpaired) electrons. The summed E-state index contributed by atoms with van der Waals surface area (Å²) in [7, 11) is 1.93. The van der Waals surface area contributed by atoms with Gasteiger partial charge in [0.05, 0.1) is 0 Å². The Kier molecular flexibility index (Phi) is 4.96. The van der Waals surface area contributed by atoms with Crippen LogP contribution in [0.1, 0.15) is 55.6 Å². The zero-order valence-corrected chi connectivity index (χ0v) is 13.3. The maximum Gasteiger partial charge on any atom is 0.264 e. The van der Waals surface area contributed by atoms with Crippen LogP contribution in [0.2, 0.25) is 0 Å². The van der Waals surface area contributed by atoms with Crippen molar-refractivity contribution in [2.24, 2.45) is 0 Å². The molecule has 5 nitrogen and oxygen atoms in total. The van der Waals surface area contributed by atoms with Gasteiger partial charge in [-0.1, -0.05) is 31.1 Å². The molecule has 0 bridgehead atoms. The van der Waals surface area contributed by atoms with Gasteiger partial charge in [-0.2, -0.15) is 4.98 Å². The first kappa shape index (κ1) is 15.5. The van der Waals surface area contributed by atoms with Crippen molar-refractivity contribution in [3.05, 3.63) is 41.0 Å². The lowest BCUT2D eigenvalue weighted by Crippen LogP contribution is -2.14. The Hall–Kier alpha value is -1.88. The monoisotopic (exact) mass is 289 g/mol. The maximum absolute atomic E-state index is 5.88. The third-order valence-electron chi connectivity index (χ3n) is 3.42. The molecule has 1 aromatic heterocycles. The van der Waals surface area contributed by atoms with E-state index in [2.05, 4.69) is 34.5 Å². The van der Waals surface area contributed by atoms with Crippen molar-refractivity contribution in [1.29, 1.82) is 0 Å². The molecule has 2 aromatic rings. The van der Waals surface area contributed by atoms with Crippen molar-refractivity contribution in [1.82, 2.24) is 15.5 Å². The highest BCUT2D eigenvalue weighted by Crippen LogP contribution is 2.27. The minimum atomic E-state index is 0.217. The second kappa shape index (κ2) is 6.72. The van der Waals surface area contributed by atoms with E-state index in [1.165, 1.54) is 0 Å². The van der Waals surface area contributed by atoms with Gasteiger partial charge in [-0.3, -0.25) is 0 Å². The lowest BCUT2D eigenvalue weighted by molar-refractivity contribution is 0.239. The molecule has 2 rings (SSSR count). The predicted molar refractivity (Wildman–Crippen MR) is 81.4 cm³/mol. The van der Waals surface area contributed by atoms with E-state index >= 15 is 0 Å². The molecule has 1 N–H and O–H groups in total. The summed E-state index contributed by atoms with van der Waals surface area (Å²) in [6.45, 7) is 8.49. The van der Waals surface area contributed by atoms with E-state index in [0.29, 0.717) is 11.7 Å². The number of hydrogen-bond donors (Lipinski definition) is 1. The lowest BCUT2D eigenvalue weighted by Gasteiger charge is -2.16. The Bertz CT molecular complexity index is 593. The third kappa shape index (κ3) is 3.82. The van der Waals surface area contributed by atoms with Gasteiger partial charge < -0.3 is 14.6 Å². The molecule has 114 valence electrons. The molecule has 1 unspecified atom stereocenters. The van der Waals surface area contributed by atoms with E-state index in [0.717, 1.165) is 16.9 Å². The highest BCUT2D eigenvalue weighted by Gasteiger charge is 2.13. The number of benzene rings is 1. The third-order valence-corrected chi connectivity index (χ3v) is 3.42. The Balaban J connectivity index is 2.13.